The van der Waals surface area contributed by atoms with Gasteiger partial charge in [-0.25, -0.2) is 0 Å². The molecular formula is C24H37ClN2O4S. The van der Waals surface area contributed by atoms with E-state index in [2.05, 4.69) is 10.0 Å². The molecule has 0 bridgehead atoms. The van der Waals surface area contributed by atoms with Gasteiger partial charge in [-0.3, -0.25) is 9.52 Å². The number of amides is 1. The molecule has 4 N–H and O–H groups in total. The maximum absolute atomic E-state index is 12.0. The van der Waals surface area contributed by atoms with Crippen LogP contribution in [-0.2, 0) is 4.74 Å². The molecular weight excluding hydrogens is 448 g/mol. The molecule has 0 saturated carbocycles. The summed E-state index contributed by atoms with van der Waals surface area (Å²) in [6, 6.07) is 16.9. The van der Waals surface area contributed by atoms with Gasteiger partial charge in [0.15, 0.2) is 5.79 Å². The Morgan fingerprint density at radius 3 is 2.19 bits per heavy atom. The number of hydrogen-bond acceptors (Lipinski definition) is 6. The van der Waals surface area contributed by atoms with Crippen molar-refractivity contribution in [2.45, 2.75) is 57.8 Å². The van der Waals surface area contributed by atoms with E-state index in [1.54, 1.807) is 24.1 Å². The number of carbonyl (C=O) groups is 1. The number of ether oxygens (including phenoxy) is 1. The van der Waals surface area contributed by atoms with Crippen LogP contribution in [0.1, 0.15) is 51.4 Å². The minimum absolute atomic E-state index is 0.0425. The lowest BCUT2D eigenvalue weighted by molar-refractivity contribution is -0.127. The van der Waals surface area contributed by atoms with Gasteiger partial charge in [-0.15, -0.1) is 0 Å². The van der Waals surface area contributed by atoms with E-state index in [1.807, 2.05) is 63.2 Å². The predicted molar refractivity (Wildman–Crippen MR) is 134 cm³/mol. The minimum Gasteiger partial charge on any atom is -0.377 e. The van der Waals surface area contributed by atoms with Crippen molar-refractivity contribution in [1.29, 1.82) is 0 Å². The average Bonchev–Trinajstić information content (AvgIpc) is 2.76. The van der Waals surface area contributed by atoms with Crippen LogP contribution in [0.2, 0.25) is 5.02 Å². The average molecular weight is 485 g/mol. The van der Waals surface area contributed by atoms with Crippen molar-refractivity contribution in [3.05, 3.63) is 65.2 Å². The number of hydrogen-bond donors (Lipinski definition) is 4. The van der Waals surface area contributed by atoms with E-state index < -0.39 is 5.79 Å². The summed E-state index contributed by atoms with van der Waals surface area (Å²) in [5, 5.41) is 19.8. The first kappa shape index (κ1) is 30.4. The molecule has 1 atom stereocenters. The molecule has 180 valence electrons. The second kappa shape index (κ2) is 17.9. The second-order valence-corrected chi connectivity index (χ2v) is 8.29. The zero-order chi connectivity index (χ0) is 24.4. The minimum atomic E-state index is -1.50. The van der Waals surface area contributed by atoms with Gasteiger partial charge in [-0.1, -0.05) is 43.6 Å². The molecule has 1 amide bonds. The molecule has 0 aliphatic rings. The lowest BCUT2D eigenvalue weighted by atomic mass is 10.2. The Labute approximate surface area is 201 Å². The van der Waals surface area contributed by atoms with Crippen LogP contribution in [0.15, 0.2) is 59.5 Å². The van der Waals surface area contributed by atoms with E-state index >= 15 is 0 Å². The molecule has 0 radical (unpaired) electrons. The van der Waals surface area contributed by atoms with Crippen LogP contribution in [0.3, 0.4) is 0 Å². The fourth-order valence-corrected chi connectivity index (χ4v) is 3.07. The highest BCUT2D eigenvalue weighted by molar-refractivity contribution is 7.97. The van der Waals surface area contributed by atoms with E-state index in [1.165, 1.54) is 13.8 Å². The highest BCUT2D eigenvalue weighted by Crippen LogP contribution is 2.17. The summed E-state index contributed by atoms with van der Waals surface area (Å²) in [5.41, 5.74) is 0.673. The Balaban J connectivity index is 0.00000121. The van der Waals surface area contributed by atoms with Crippen molar-refractivity contribution < 1.29 is 19.7 Å². The number of aliphatic hydroxyl groups is 2. The molecule has 1 unspecified atom stereocenters. The third-order valence-corrected chi connectivity index (χ3v) is 4.58. The summed E-state index contributed by atoms with van der Waals surface area (Å²) >= 11 is 7.42. The number of halogens is 1. The van der Waals surface area contributed by atoms with Crippen LogP contribution >= 0.6 is 23.5 Å². The van der Waals surface area contributed by atoms with Gasteiger partial charge in [0.25, 0.3) is 5.91 Å². The van der Waals surface area contributed by atoms with Crippen LogP contribution in [0, 0.1) is 0 Å². The van der Waals surface area contributed by atoms with Crippen LogP contribution in [-0.4, -0.2) is 47.7 Å². The molecule has 8 heteroatoms. The van der Waals surface area contributed by atoms with Crippen molar-refractivity contribution in [3.63, 3.8) is 0 Å². The predicted octanol–water partition coefficient (Wildman–Crippen LogP) is 4.90. The van der Waals surface area contributed by atoms with Crippen LogP contribution < -0.4 is 10.0 Å². The zero-order valence-corrected chi connectivity index (χ0v) is 21.2. The summed E-state index contributed by atoms with van der Waals surface area (Å²) in [5.74, 6) is -1.56. The summed E-state index contributed by atoms with van der Waals surface area (Å²) in [6.45, 7) is 10.5. The van der Waals surface area contributed by atoms with Crippen LogP contribution in [0.25, 0.3) is 0 Å². The first-order valence-corrected chi connectivity index (χ1v) is 11.9. The van der Waals surface area contributed by atoms with Crippen molar-refractivity contribution in [1.82, 2.24) is 10.0 Å². The maximum atomic E-state index is 12.0. The van der Waals surface area contributed by atoms with Gasteiger partial charge >= 0.3 is 0 Å². The fourth-order valence-electron chi connectivity index (χ4n) is 2.24. The Hall–Kier alpha value is -1.61. The van der Waals surface area contributed by atoms with Gasteiger partial charge in [-0.2, -0.15) is 0 Å². The van der Waals surface area contributed by atoms with Crippen molar-refractivity contribution >= 4 is 29.5 Å². The molecule has 0 aromatic heterocycles. The maximum Gasteiger partial charge on any atom is 0.251 e. The van der Waals surface area contributed by atoms with Gasteiger partial charge in [0.05, 0.1) is 6.10 Å². The van der Waals surface area contributed by atoms with E-state index in [9.17, 15) is 4.79 Å². The number of nitrogens with one attached hydrogen (secondary N) is 2. The third-order valence-electron chi connectivity index (χ3n) is 3.50. The Kier molecular flexibility index (Phi) is 17.0. The second-order valence-electron chi connectivity index (χ2n) is 6.89. The van der Waals surface area contributed by atoms with E-state index in [4.69, 9.17) is 26.6 Å². The summed E-state index contributed by atoms with van der Waals surface area (Å²) in [4.78, 5) is 13.1. The summed E-state index contributed by atoms with van der Waals surface area (Å²) < 4.78 is 9.05. The van der Waals surface area contributed by atoms with Gasteiger partial charge in [0.1, 0.15) is 0 Å². The quantitative estimate of drug-likeness (QED) is 0.283. The molecule has 0 fully saturated rings. The summed E-state index contributed by atoms with van der Waals surface area (Å²) in [7, 11) is 0. The van der Waals surface area contributed by atoms with Crippen molar-refractivity contribution in [2.24, 2.45) is 0 Å². The van der Waals surface area contributed by atoms with Gasteiger partial charge < -0.3 is 20.3 Å². The highest BCUT2D eigenvalue weighted by atomic mass is 35.5. The Morgan fingerprint density at radius 2 is 1.66 bits per heavy atom. The largest absolute Gasteiger partial charge is 0.377 e. The van der Waals surface area contributed by atoms with Gasteiger partial charge in [-0.05, 0) is 75.5 Å². The number of rotatable bonds is 10. The molecule has 2 aromatic rings. The molecule has 2 rings (SSSR count). The van der Waals surface area contributed by atoms with Crippen molar-refractivity contribution in [3.8, 4) is 0 Å². The first-order valence-electron chi connectivity index (χ1n) is 10.7. The Morgan fingerprint density at radius 1 is 1.09 bits per heavy atom. The third kappa shape index (κ3) is 17.0. The monoisotopic (exact) mass is 484 g/mol. The topological polar surface area (TPSA) is 90.8 Å². The molecule has 0 spiro atoms. The SMILES string of the molecule is CC.CC(C)(O)O.CCOC(CCNC(=O)c1ccccc1)CNSc1ccc(Cl)cc1. The smallest absolute Gasteiger partial charge is 0.251 e. The normalized spacial score (nSPS) is 11.4. The van der Waals surface area contributed by atoms with E-state index in [-0.39, 0.29) is 12.0 Å². The lowest BCUT2D eigenvalue weighted by Gasteiger charge is -2.17. The molecule has 0 aliphatic carbocycles. The molecule has 32 heavy (non-hydrogen) atoms. The zero-order valence-electron chi connectivity index (χ0n) is 19.6. The van der Waals surface area contributed by atoms with Crippen LogP contribution in [0.5, 0.6) is 0 Å². The summed E-state index contributed by atoms with van der Waals surface area (Å²) in [6.07, 6.45) is 0.793. The first-order chi connectivity index (χ1) is 15.2. The highest BCUT2D eigenvalue weighted by Gasteiger charge is 2.10. The van der Waals surface area contributed by atoms with Gasteiger partial charge in [0.2, 0.25) is 0 Å². The lowest BCUT2D eigenvalue weighted by Crippen LogP contribution is -2.32. The Bertz CT molecular complexity index is 719. The molecule has 0 saturated heterocycles. The van der Waals surface area contributed by atoms with Crippen molar-refractivity contribution in [2.75, 3.05) is 19.7 Å². The standard InChI is InChI=1S/C19H23ClN2O2S.C3H8O2.C2H6/c1-2-24-17(14-22-25-18-10-8-16(20)9-11-18)12-13-21-19(23)15-6-4-3-5-7-15;1-3(2,4)5;1-2/h3-11,17,22H,2,12-14H2,1H3,(H,21,23);4-5H,1-2H3;1-2H3. The fraction of sp³-hybridized carbons (Fsp3) is 0.458. The molecule has 0 aliphatic heterocycles. The van der Waals surface area contributed by atoms with Crippen LogP contribution in [0.4, 0.5) is 0 Å². The number of benzene rings is 2. The number of carbonyl (C=O) groups excluding carboxylic acids is 1. The molecule has 2 aromatic carbocycles. The van der Waals surface area contributed by atoms with Gasteiger partial charge in [0, 0.05) is 35.2 Å². The van der Waals surface area contributed by atoms with E-state index in [0.29, 0.717) is 25.3 Å². The van der Waals surface area contributed by atoms with E-state index in [0.717, 1.165) is 16.3 Å². The molecule has 0 heterocycles. The molecule has 6 nitrogen and oxygen atoms in total.